The number of hydrogen-bond donors (Lipinski definition) is 0. The second-order valence-corrected chi connectivity index (χ2v) is 12.5. The topological polar surface area (TPSA) is 20.3 Å². The molecule has 0 spiro atoms. The summed E-state index contributed by atoms with van der Waals surface area (Å²) >= 11 is 0. The molecule has 0 bridgehead atoms. The van der Waals surface area contributed by atoms with Crippen LogP contribution in [0.5, 0.6) is 0 Å². The first-order valence-electron chi connectivity index (χ1n) is 15.4. The van der Waals surface area contributed by atoms with Crippen molar-refractivity contribution >= 4 is 65.5 Å². The van der Waals surface area contributed by atoms with Crippen molar-refractivity contribution in [1.29, 1.82) is 0 Å². The minimum atomic E-state index is 0.0907. The van der Waals surface area contributed by atoms with Gasteiger partial charge in [-0.05, 0) is 131 Å². The van der Waals surface area contributed by atoms with Crippen LogP contribution in [0.3, 0.4) is 0 Å². The summed E-state index contributed by atoms with van der Waals surface area (Å²) < 4.78 is 0. The number of nitrogens with zero attached hydrogens (tertiary/aromatic N) is 1. The molecule has 2 heteroatoms. The number of carbonyl (C=O) groups excluding carboxylic acids is 1. The lowest BCUT2D eigenvalue weighted by atomic mass is 9.87. The molecule has 9 aromatic carbocycles. The van der Waals surface area contributed by atoms with Gasteiger partial charge in [-0.15, -0.1) is 0 Å². The molecule has 0 unspecified atom stereocenters. The van der Waals surface area contributed by atoms with Gasteiger partial charge in [-0.2, -0.15) is 0 Å². The van der Waals surface area contributed by atoms with Gasteiger partial charge in [0.2, 0.25) is 0 Å². The van der Waals surface area contributed by atoms with Crippen LogP contribution in [-0.4, -0.2) is 5.91 Å². The van der Waals surface area contributed by atoms with Gasteiger partial charge in [0.15, 0.2) is 0 Å². The third kappa shape index (κ3) is 2.93. The van der Waals surface area contributed by atoms with Gasteiger partial charge in [0.1, 0.15) is 0 Å². The summed E-state index contributed by atoms with van der Waals surface area (Å²) in [5, 5.41) is 12.5. The van der Waals surface area contributed by atoms with E-state index in [-0.39, 0.29) is 5.91 Å². The van der Waals surface area contributed by atoms with E-state index in [0.717, 1.165) is 22.2 Å². The third-order valence-electron chi connectivity index (χ3n) is 10.3. The SMILES string of the molecule is Cc1ccc(N2Cc3c(c4cc(-c5ccccc5)c5ccc6ccc7c(-c8ccccc8)cc3c3c7c6c5c43)C2=O)cc1C. The van der Waals surface area contributed by atoms with Crippen molar-refractivity contribution in [2.24, 2.45) is 0 Å². The second-order valence-electron chi connectivity index (χ2n) is 12.5. The second kappa shape index (κ2) is 8.33. The van der Waals surface area contributed by atoms with Gasteiger partial charge in [0.05, 0.1) is 12.1 Å². The highest BCUT2D eigenvalue weighted by Gasteiger charge is 2.36. The van der Waals surface area contributed by atoms with Crippen LogP contribution in [0.4, 0.5) is 5.69 Å². The first-order chi connectivity index (χ1) is 21.6. The molecule has 0 saturated carbocycles. The summed E-state index contributed by atoms with van der Waals surface area (Å²) in [6.45, 7) is 4.81. The Morgan fingerprint density at radius 1 is 0.523 bits per heavy atom. The van der Waals surface area contributed by atoms with Crippen LogP contribution in [0, 0.1) is 13.8 Å². The van der Waals surface area contributed by atoms with Gasteiger partial charge in [0, 0.05) is 5.69 Å². The maximum Gasteiger partial charge on any atom is 0.259 e. The number of amides is 1. The molecule has 1 aliphatic rings. The van der Waals surface area contributed by atoms with Crippen LogP contribution in [0.1, 0.15) is 27.0 Å². The fourth-order valence-electron chi connectivity index (χ4n) is 8.08. The predicted octanol–water partition coefficient (Wildman–Crippen LogP) is 10.9. The standard InChI is InChI=1S/C42H27NO/c1-23-13-16-28(19-24(23)2)43-22-35-33-20-31(25-9-5-3-6-10-25)29-17-14-27-15-18-30-32(26-11-7-4-8-12-26)21-34(37(35)42(43)44)41-39(30)36(27)38(29)40(33)41/h3-21H,22H2,1-2H3. The summed E-state index contributed by atoms with van der Waals surface area (Å²) in [6.07, 6.45) is 0. The van der Waals surface area contributed by atoms with E-state index in [1.807, 2.05) is 4.90 Å². The first kappa shape index (κ1) is 24.0. The Kier molecular flexibility index (Phi) is 4.55. The van der Waals surface area contributed by atoms with E-state index in [1.54, 1.807) is 0 Å². The van der Waals surface area contributed by atoms with Gasteiger partial charge in [-0.25, -0.2) is 0 Å². The number of benzene rings is 8. The van der Waals surface area contributed by atoms with Gasteiger partial charge >= 0.3 is 0 Å². The molecule has 0 N–H and O–H groups in total. The van der Waals surface area contributed by atoms with Crippen molar-refractivity contribution in [2.75, 3.05) is 4.90 Å². The van der Waals surface area contributed by atoms with E-state index >= 15 is 0 Å². The lowest BCUT2D eigenvalue weighted by Gasteiger charge is -2.17. The smallest absolute Gasteiger partial charge is 0.259 e. The molecule has 0 atom stereocenters. The minimum Gasteiger partial charge on any atom is -0.304 e. The molecule has 0 aromatic heterocycles. The molecular weight excluding hydrogens is 534 g/mol. The van der Waals surface area contributed by atoms with E-state index in [2.05, 4.69) is 129 Å². The predicted molar refractivity (Wildman–Crippen MR) is 185 cm³/mol. The summed E-state index contributed by atoms with van der Waals surface area (Å²) in [4.78, 5) is 16.7. The zero-order valence-corrected chi connectivity index (χ0v) is 24.5. The maximum absolute atomic E-state index is 14.7. The molecule has 10 rings (SSSR count). The Hall–Kier alpha value is -5.47. The molecule has 0 fully saturated rings. The van der Waals surface area contributed by atoms with Crippen LogP contribution in [0.2, 0.25) is 0 Å². The van der Waals surface area contributed by atoms with Gasteiger partial charge < -0.3 is 4.90 Å². The molecule has 1 amide bonds. The number of rotatable bonds is 3. The van der Waals surface area contributed by atoms with E-state index in [1.165, 1.54) is 81.9 Å². The number of hydrogen-bond acceptors (Lipinski definition) is 1. The van der Waals surface area contributed by atoms with Crippen molar-refractivity contribution in [3.05, 3.63) is 138 Å². The van der Waals surface area contributed by atoms with Crippen LogP contribution >= 0.6 is 0 Å². The zero-order chi connectivity index (χ0) is 29.3. The summed E-state index contributed by atoms with van der Waals surface area (Å²) in [7, 11) is 0. The maximum atomic E-state index is 14.7. The highest BCUT2D eigenvalue weighted by Crippen LogP contribution is 2.55. The fourth-order valence-corrected chi connectivity index (χ4v) is 8.08. The highest BCUT2D eigenvalue weighted by molar-refractivity contribution is 6.48. The average Bonchev–Trinajstić information content (AvgIpc) is 3.61. The molecule has 0 aliphatic carbocycles. The molecule has 9 aromatic rings. The van der Waals surface area contributed by atoms with Gasteiger partial charge in [0.25, 0.3) is 5.91 Å². The van der Waals surface area contributed by atoms with Crippen molar-refractivity contribution in [3.8, 4) is 22.3 Å². The highest BCUT2D eigenvalue weighted by atomic mass is 16.2. The molecule has 0 radical (unpaired) electrons. The Bertz CT molecular complexity index is 2590. The number of anilines is 1. The third-order valence-corrected chi connectivity index (χ3v) is 10.3. The lowest BCUT2D eigenvalue weighted by Crippen LogP contribution is -2.23. The van der Waals surface area contributed by atoms with E-state index < -0.39 is 0 Å². The number of fused-ring (bicyclic) bond motifs is 3. The Balaban J connectivity index is 1.41. The zero-order valence-electron chi connectivity index (χ0n) is 24.5. The normalized spacial score (nSPS) is 13.6. The lowest BCUT2D eigenvalue weighted by molar-refractivity contribution is 0.0998. The van der Waals surface area contributed by atoms with E-state index in [9.17, 15) is 4.79 Å². The van der Waals surface area contributed by atoms with Crippen LogP contribution in [0.25, 0.3) is 76.1 Å². The molecular formula is C42H27NO. The Morgan fingerprint density at radius 3 is 1.70 bits per heavy atom. The molecule has 1 heterocycles. The Labute approximate surface area is 254 Å². The van der Waals surface area contributed by atoms with E-state index in [4.69, 9.17) is 0 Å². The molecule has 2 nitrogen and oxygen atoms in total. The largest absolute Gasteiger partial charge is 0.304 e. The van der Waals surface area contributed by atoms with Crippen LogP contribution < -0.4 is 4.90 Å². The molecule has 1 aliphatic heterocycles. The molecule has 0 saturated heterocycles. The van der Waals surface area contributed by atoms with Crippen molar-refractivity contribution in [3.63, 3.8) is 0 Å². The molecule has 206 valence electrons. The monoisotopic (exact) mass is 561 g/mol. The average molecular weight is 562 g/mol. The number of carbonyl (C=O) groups is 1. The van der Waals surface area contributed by atoms with Gasteiger partial charge in [-0.1, -0.05) is 91.0 Å². The van der Waals surface area contributed by atoms with Crippen molar-refractivity contribution in [1.82, 2.24) is 0 Å². The van der Waals surface area contributed by atoms with Crippen molar-refractivity contribution in [2.45, 2.75) is 20.4 Å². The van der Waals surface area contributed by atoms with Gasteiger partial charge in [-0.3, -0.25) is 4.79 Å². The summed E-state index contributed by atoms with van der Waals surface area (Å²) in [5.74, 6) is 0.0907. The Morgan fingerprint density at radius 2 is 1.09 bits per heavy atom. The summed E-state index contributed by atoms with van der Waals surface area (Å²) in [6, 6.07) is 41.6. The first-order valence-corrected chi connectivity index (χ1v) is 15.4. The van der Waals surface area contributed by atoms with Crippen LogP contribution in [0.15, 0.2) is 115 Å². The van der Waals surface area contributed by atoms with Crippen LogP contribution in [-0.2, 0) is 6.54 Å². The van der Waals surface area contributed by atoms with E-state index in [0.29, 0.717) is 6.54 Å². The number of aryl methyl sites for hydroxylation is 2. The van der Waals surface area contributed by atoms with Crippen molar-refractivity contribution < 1.29 is 4.79 Å². The molecule has 44 heavy (non-hydrogen) atoms. The quantitative estimate of drug-likeness (QED) is 0.197. The fraction of sp³-hybridized carbons (Fsp3) is 0.0714. The summed E-state index contributed by atoms with van der Waals surface area (Å²) in [5.41, 5.74) is 10.2. The minimum absolute atomic E-state index is 0.0907.